The zero-order chi connectivity index (χ0) is 8.55. The van der Waals surface area contributed by atoms with Crippen LogP contribution < -0.4 is 0 Å². The van der Waals surface area contributed by atoms with Crippen molar-refractivity contribution in [2.75, 3.05) is 0 Å². The van der Waals surface area contributed by atoms with Gasteiger partial charge in [-0.2, -0.15) is 0 Å². The van der Waals surface area contributed by atoms with Gasteiger partial charge in [0.1, 0.15) is 0 Å². The van der Waals surface area contributed by atoms with Crippen LogP contribution in [0.15, 0.2) is 9.13 Å². The van der Waals surface area contributed by atoms with Crippen molar-refractivity contribution in [3.05, 3.63) is 15.9 Å². The zero-order valence-corrected chi connectivity index (χ0v) is 8.00. The van der Waals surface area contributed by atoms with Crippen molar-refractivity contribution in [2.24, 2.45) is 0 Å². The van der Waals surface area contributed by atoms with Crippen molar-refractivity contribution in [3.8, 4) is 0 Å². The maximum Gasteiger partial charge on any atom is 0.160 e. The fraction of sp³-hybridized carbons (Fsp3) is 0.500. The molecule has 1 saturated carbocycles. The molecule has 1 heterocycles. The van der Waals surface area contributed by atoms with E-state index in [9.17, 15) is 4.79 Å². The number of aromatic nitrogens is 1. The van der Waals surface area contributed by atoms with E-state index in [1.807, 2.05) is 0 Å². The Hall–Kier alpha value is -0.640. The first-order valence-corrected chi connectivity index (χ1v) is 4.72. The minimum atomic E-state index is 0.420. The topological polar surface area (TPSA) is 43.1 Å². The first-order chi connectivity index (χ1) is 5.83. The molecular weight excluding hydrogens is 222 g/mol. The molecule has 0 aliphatic heterocycles. The van der Waals surface area contributed by atoms with Gasteiger partial charge in [0.2, 0.25) is 0 Å². The molecule has 64 valence electrons. The Kier molecular flexibility index (Phi) is 2.00. The van der Waals surface area contributed by atoms with Crippen LogP contribution in [0.1, 0.15) is 41.3 Å². The van der Waals surface area contributed by atoms with Crippen molar-refractivity contribution >= 4 is 22.2 Å². The molecule has 0 bridgehead atoms. The summed E-state index contributed by atoms with van der Waals surface area (Å²) in [7, 11) is 0. The van der Waals surface area contributed by atoms with Crippen molar-refractivity contribution < 1.29 is 9.32 Å². The number of rotatable bonds is 2. The zero-order valence-electron chi connectivity index (χ0n) is 6.42. The molecule has 0 aromatic carbocycles. The molecule has 3 nitrogen and oxygen atoms in total. The summed E-state index contributed by atoms with van der Waals surface area (Å²) in [4.78, 5) is 10.6. The van der Waals surface area contributed by atoms with Gasteiger partial charge in [-0.25, -0.2) is 0 Å². The van der Waals surface area contributed by atoms with Crippen molar-refractivity contribution in [2.45, 2.75) is 25.2 Å². The van der Waals surface area contributed by atoms with E-state index in [1.54, 1.807) is 0 Å². The fourth-order valence-electron chi connectivity index (χ4n) is 1.36. The largest absolute Gasteiger partial charge is 0.359 e. The van der Waals surface area contributed by atoms with Crippen LogP contribution in [0.4, 0.5) is 0 Å². The lowest BCUT2D eigenvalue weighted by Gasteiger charge is -2.22. The minimum Gasteiger partial charge on any atom is -0.359 e. The molecule has 2 rings (SSSR count). The Morgan fingerprint density at radius 3 is 2.83 bits per heavy atom. The molecule has 0 radical (unpaired) electrons. The smallest absolute Gasteiger partial charge is 0.160 e. The number of carbonyl (C=O) groups is 1. The van der Waals surface area contributed by atoms with Crippen LogP contribution in [0, 0.1) is 0 Å². The molecule has 1 aliphatic carbocycles. The first kappa shape index (κ1) is 7.98. The van der Waals surface area contributed by atoms with E-state index in [1.165, 1.54) is 6.42 Å². The number of hydrogen-bond acceptors (Lipinski definition) is 3. The maximum atomic E-state index is 10.6. The van der Waals surface area contributed by atoms with Crippen LogP contribution in [0.25, 0.3) is 0 Å². The highest BCUT2D eigenvalue weighted by Crippen LogP contribution is 2.39. The monoisotopic (exact) mass is 229 g/mol. The second kappa shape index (κ2) is 3.01. The minimum absolute atomic E-state index is 0.420. The van der Waals surface area contributed by atoms with Crippen LogP contribution >= 0.6 is 15.9 Å². The summed E-state index contributed by atoms with van der Waals surface area (Å²) in [5, 5.41) is 3.70. The van der Waals surface area contributed by atoms with Crippen molar-refractivity contribution in [3.63, 3.8) is 0 Å². The third-order valence-electron chi connectivity index (χ3n) is 2.31. The van der Waals surface area contributed by atoms with Crippen molar-refractivity contribution in [1.29, 1.82) is 0 Å². The van der Waals surface area contributed by atoms with E-state index in [4.69, 9.17) is 4.52 Å². The van der Waals surface area contributed by atoms with Crippen LogP contribution in [-0.2, 0) is 0 Å². The fourth-order valence-corrected chi connectivity index (χ4v) is 1.72. The third-order valence-corrected chi connectivity index (χ3v) is 2.88. The molecule has 0 amide bonds. The number of aldehydes is 1. The summed E-state index contributed by atoms with van der Waals surface area (Å²) in [6, 6.07) is 0. The molecular formula is C8H8BrNO2. The summed E-state index contributed by atoms with van der Waals surface area (Å²) in [5.74, 6) is 1.17. The number of hydrogen-bond donors (Lipinski definition) is 0. The van der Waals surface area contributed by atoms with E-state index in [0.29, 0.717) is 16.1 Å². The number of carbonyl (C=O) groups excluding carboxylic acids is 1. The molecule has 0 N–H and O–H groups in total. The highest BCUT2D eigenvalue weighted by molar-refractivity contribution is 9.10. The second-order valence-corrected chi connectivity index (χ2v) is 3.75. The number of nitrogens with zero attached hydrogens (tertiary/aromatic N) is 1. The Morgan fingerprint density at radius 1 is 1.58 bits per heavy atom. The molecule has 4 heteroatoms. The van der Waals surface area contributed by atoms with Gasteiger partial charge in [-0.05, 0) is 28.8 Å². The molecule has 1 aliphatic rings. The Morgan fingerprint density at radius 2 is 2.33 bits per heavy atom. The first-order valence-electron chi connectivity index (χ1n) is 3.93. The van der Waals surface area contributed by atoms with Gasteiger partial charge in [0.15, 0.2) is 16.6 Å². The summed E-state index contributed by atoms with van der Waals surface area (Å²) in [5.41, 5.74) is 0.583. The van der Waals surface area contributed by atoms with Crippen LogP contribution in [0.2, 0.25) is 0 Å². The predicted octanol–water partition coefficient (Wildman–Crippen LogP) is 2.52. The van der Waals surface area contributed by atoms with E-state index in [-0.39, 0.29) is 0 Å². The third kappa shape index (κ3) is 1.10. The molecule has 1 fully saturated rings. The number of halogens is 1. The van der Waals surface area contributed by atoms with Gasteiger partial charge in [0, 0.05) is 5.92 Å². The highest BCUT2D eigenvalue weighted by Gasteiger charge is 2.27. The predicted molar refractivity (Wildman–Crippen MR) is 46.2 cm³/mol. The van der Waals surface area contributed by atoms with Gasteiger partial charge in [0.25, 0.3) is 0 Å². The van der Waals surface area contributed by atoms with Crippen LogP contribution in [0.5, 0.6) is 0 Å². The molecule has 0 spiro atoms. The highest BCUT2D eigenvalue weighted by atomic mass is 79.9. The van der Waals surface area contributed by atoms with Gasteiger partial charge in [-0.1, -0.05) is 11.6 Å². The van der Waals surface area contributed by atoms with E-state index in [2.05, 4.69) is 21.1 Å². The quantitative estimate of drug-likeness (QED) is 0.733. The molecule has 0 saturated heterocycles. The van der Waals surface area contributed by atoms with Gasteiger partial charge >= 0.3 is 0 Å². The summed E-state index contributed by atoms with van der Waals surface area (Å²) < 4.78 is 5.59. The SMILES string of the molecule is O=Cc1c(Br)noc1C1CCC1. The van der Waals surface area contributed by atoms with Gasteiger partial charge in [0.05, 0.1) is 5.56 Å². The van der Waals surface area contributed by atoms with Crippen LogP contribution in [0.3, 0.4) is 0 Å². The summed E-state index contributed by atoms with van der Waals surface area (Å²) in [6.45, 7) is 0. The van der Waals surface area contributed by atoms with Gasteiger partial charge in [-0.15, -0.1) is 0 Å². The van der Waals surface area contributed by atoms with E-state index >= 15 is 0 Å². The molecule has 0 atom stereocenters. The maximum absolute atomic E-state index is 10.6. The van der Waals surface area contributed by atoms with Crippen LogP contribution in [-0.4, -0.2) is 11.4 Å². The standard InChI is InChI=1S/C8H8BrNO2/c9-8-6(4-11)7(12-10-8)5-2-1-3-5/h4-5H,1-3H2. The lowest BCUT2D eigenvalue weighted by atomic mass is 9.82. The molecule has 12 heavy (non-hydrogen) atoms. The molecule has 0 unspecified atom stereocenters. The second-order valence-electron chi connectivity index (χ2n) is 3.00. The summed E-state index contributed by atoms with van der Waals surface area (Å²) in [6.07, 6.45) is 4.25. The van der Waals surface area contributed by atoms with Gasteiger partial charge in [-0.3, -0.25) is 4.79 Å². The van der Waals surface area contributed by atoms with E-state index in [0.717, 1.165) is 24.9 Å². The normalized spacial score (nSPS) is 17.4. The Bertz CT molecular complexity index is 304. The lowest BCUT2D eigenvalue weighted by molar-refractivity contribution is 0.111. The van der Waals surface area contributed by atoms with E-state index < -0.39 is 0 Å². The lowest BCUT2D eigenvalue weighted by Crippen LogP contribution is -2.09. The Labute approximate surface area is 78.2 Å². The average molecular weight is 230 g/mol. The Balaban J connectivity index is 2.35. The van der Waals surface area contributed by atoms with Gasteiger partial charge < -0.3 is 4.52 Å². The average Bonchev–Trinajstić information content (AvgIpc) is 2.29. The van der Waals surface area contributed by atoms with Crippen molar-refractivity contribution in [1.82, 2.24) is 5.16 Å². The summed E-state index contributed by atoms with van der Waals surface area (Å²) >= 11 is 3.16. The molecule has 1 aromatic rings. The molecule has 1 aromatic heterocycles.